The predicted molar refractivity (Wildman–Crippen MR) is 83.2 cm³/mol. The fourth-order valence-electron chi connectivity index (χ4n) is 1.99. The van der Waals surface area contributed by atoms with Gasteiger partial charge in [-0.1, -0.05) is 12.1 Å². The lowest BCUT2D eigenvalue weighted by Gasteiger charge is -2.10. The SMILES string of the molecule is CCn1nc(C)c(N)c1C(=O)Nc1ccccc1SC. The van der Waals surface area contributed by atoms with Crippen LogP contribution in [0.5, 0.6) is 0 Å². The maximum Gasteiger partial charge on any atom is 0.276 e. The Bertz CT molecular complexity index is 636. The number of rotatable bonds is 4. The summed E-state index contributed by atoms with van der Waals surface area (Å²) in [5, 5.41) is 7.17. The lowest BCUT2D eigenvalue weighted by molar-refractivity contribution is 0.101. The zero-order chi connectivity index (χ0) is 14.7. The van der Waals surface area contributed by atoms with Gasteiger partial charge in [-0.25, -0.2) is 0 Å². The van der Waals surface area contributed by atoms with Crippen molar-refractivity contribution in [2.45, 2.75) is 25.3 Å². The number of para-hydroxylation sites is 1. The molecule has 1 aromatic carbocycles. The standard InChI is InChI=1S/C14H18N4OS/c1-4-18-13(12(15)9(2)17-18)14(19)16-10-7-5-6-8-11(10)20-3/h5-8H,4,15H2,1-3H3,(H,16,19). The van der Waals surface area contributed by atoms with Crippen LogP contribution in [-0.2, 0) is 6.54 Å². The lowest BCUT2D eigenvalue weighted by Crippen LogP contribution is -2.19. The van der Waals surface area contributed by atoms with Gasteiger partial charge in [0.1, 0.15) is 5.69 Å². The summed E-state index contributed by atoms with van der Waals surface area (Å²) in [7, 11) is 0. The van der Waals surface area contributed by atoms with Gasteiger partial charge in [-0.2, -0.15) is 5.10 Å². The van der Waals surface area contributed by atoms with Crippen LogP contribution in [0.25, 0.3) is 0 Å². The van der Waals surface area contributed by atoms with Crippen LogP contribution in [0.1, 0.15) is 23.1 Å². The summed E-state index contributed by atoms with van der Waals surface area (Å²) in [4.78, 5) is 13.4. The molecule has 1 heterocycles. The highest BCUT2D eigenvalue weighted by Crippen LogP contribution is 2.26. The van der Waals surface area contributed by atoms with Crippen molar-refractivity contribution in [3.8, 4) is 0 Å². The second-order valence-corrected chi connectivity index (χ2v) is 5.17. The average molecular weight is 290 g/mol. The molecule has 0 radical (unpaired) electrons. The van der Waals surface area contributed by atoms with Crippen LogP contribution in [0.3, 0.4) is 0 Å². The molecule has 0 aliphatic carbocycles. The molecule has 1 amide bonds. The average Bonchev–Trinajstić information content (AvgIpc) is 2.74. The van der Waals surface area contributed by atoms with Crippen molar-refractivity contribution in [2.75, 3.05) is 17.3 Å². The second kappa shape index (κ2) is 6.00. The van der Waals surface area contributed by atoms with E-state index < -0.39 is 0 Å². The van der Waals surface area contributed by atoms with Crippen LogP contribution >= 0.6 is 11.8 Å². The first kappa shape index (κ1) is 14.5. The van der Waals surface area contributed by atoms with Crippen molar-refractivity contribution < 1.29 is 4.79 Å². The van der Waals surface area contributed by atoms with Crippen LogP contribution in [0.2, 0.25) is 0 Å². The summed E-state index contributed by atoms with van der Waals surface area (Å²) >= 11 is 1.58. The van der Waals surface area contributed by atoms with Crippen molar-refractivity contribution in [3.63, 3.8) is 0 Å². The van der Waals surface area contributed by atoms with Gasteiger partial charge in [0.15, 0.2) is 0 Å². The third-order valence-electron chi connectivity index (χ3n) is 3.04. The Morgan fingerprint density at radius 3 is 2.80 bits per heavy atom. The van der Waals surface area contributed by atoms with Crippen molar-refractivity contribution in [2.24, 2.45) is 0 Å². The molecule has 0 spiro atoms. The molecule has 5 nitrogen and oxygen atoms in total. The quantitative estimate of drug-likeness (QED) is 0.849. The van der Waals surface area contributed by atoms with E-state index in [0.29, 0.717) is 23.6 Å². The molecule has 0 bridgehead atoms. The maximum atomic E-state index is 12.4. The number of hydrogen-bond donors (Lipinski definition) is 2. The van der Waals surface area contributed by atoms with Crippen LogP contribution in [0, 0.1) is 6.92 Å². The number of hydrogen-bond acceptors (Lipinski definition) is 4. The normalized spacial score (nSPS) is 10.6. The Morgan fingerprint density at radius 2 is 2.15 bits per heavy atom. The van der Waals surface area contributed by atoms with Gasteiger partial charge in [0.05, 0.1) is 17.1 Å². The van der Waals surface area contributed by atoms with Crippen LogP contribution in [0.15, 0.2) is 29.2 Å². The highest BCUT2D eigenvalue weighted by Gasteiger charge is 2.19. The van der Waals surface area contributed by atoms with Crippen molar-refractivity contribution >= 4 is 29.0 Å². The van der Waals surface area contributed by atoms with Crippen LogP contribution < -0.4 is 11.1 Å². The van der Waals surface area contributed by atoms with Gasteiger partial charge in [0, 0.05) is 11.4 Å². The van der Waals surface area contributed by atoms with E-state index in [-0.39, 0.29) is 5.91 Å². The van der Waals surface area contributed by atoms with E-state index in [9.17, 15) is 4.79 Å². The zero-order valence-corrected chi connectivity index (χ0v) is 12.6. The topological polar surface area (TPSA) is 72.9 Å². The second-order valence-electron chi connectivity index (χ2n) is 4.32. The number of carbonyl (C=O) groups excluding carboxylic acids is 1. The summed E-state index contributed by atoms with van der Waals surface area (Å²) in [6, 6.07) is 7.67. The van der Waals surface area contributed by atoms with Gasteiger partial charge in [-0.3, -0.25) is 9.48 Å². The molecular weight excluding hydrogens is 272 g/mol. The molecule has 6 heteroatoms. The highest BCUT2D eigenvalue weighted by molar-refractivity contribution is 7.98. The number of aryl methyl sites for hydroxylation is 2. The van der Waals surface area contributed by atoms with E-state index in [1.807, 2.05) is 37.4 Å². The summed E-state index contributed by atoms with van der Waals surface area (Å²) in [6.45, 7) is 4.33. The van der Waals surface area contributed by atoms with E-state index in [2.05, 4.69) is 10.4 Å². The lowest BCUT2D eigenvalue weighted by atomic mass is 10.2. The van der Waals surface area contributed by atoms with Gasteiger partial charge in [0.25, 0.3) is 5.91 Å². The molecule has 2 rings (SSSR count). The van der Waals surface area contributed by atoms with Gasteiger partial charge in [0.2, 0.25) is 0 Å². The number of amides is 1. The molecule has 2 aromatic rings. The largest absolute Gasteiger partial charge is 0.395 e. The van der Waals surface area contributed by atoms with Crippen LogP contribution in [0.4, 0.5) is 11.4 Å². The molecule has 0 aliphatic heterocycles. The summed E-state index contributed by atoms with van der Waals surface area (Å²) < 4.78 is 1.63. The minimum atomic E-state index is -0.230. The van der Waals surface area contributed by atoms with E-state index in [1.165, 1.54) is 0 Å². The molecule has 1 aromatic heterocycles. The molecule has 0 unspecified atom stereocenters. The fourth-order valence-corrected chi connectivity index (χ4v) is 2.55. The minimum absolute atomic E-state index is 0.230. The van der Waals surface area contributed by atoms with Crippen molar-refractivity contribution in [1.82, 2.24) is 9.78 Å². The number of benzene rings is 1. The van der Waals surface area contributed by atoms with Gasteiger partial charge in [-0.05, 0) is 32.2 Å². The molecule has 106 valence electrons. The Labute approximate surface area is 122 Å². The zero-order valence-electron chi connectivity index (χ0n) is 11.8. The fraction of sp³-hybridized carbons (Fsp3) is 0.286. The first-order chi connectivity index (χ1) is 9.58. The minimum Gasteiger partial charge on any atom is -0.395 e. The Kier molecular flexibility index (Phi) is 4.34. The molecule has 0 aliphatic rings. The number of carbonyl (C=O) groups is 1. The molecule has 0 saturated carbocycles. The van der Waals surface area contributed by atoms with E-state index >= 15 is 0 Å². The summed E-state index contributed by atoms with van der Waals surface area (Å²) in [5.41, 5.74) is 8.27. The molecule has 0 fully saturated rings. The van der Waals surface area contributed by atoms with E-state index in [4.69, 9.17) is 5.73 Å². The Morgan fingerprint density at radius 1 is 1.45 bits per heavy atom. The first-order valence-electron chi connectivity index (χ1n) is 6.35. The van der Waals surface area contributed by atoms with E-state index in [0.717, 1.165) is 10.6 Å². The third-order valence-corrected chi connectivity index (χ3v) is 3.84. The van der Waals surface area contributed by atoms with Crippen LogP contribution in [-0.4, -0.2) is 21.9 Å². The highest BCUT2D eigenvalue weighted by atomic mass is 32.2. The van der Waals surface area contributed by atoms with Gasteiger partial charge in [-0.15, -0.1) is 11.8 Å². The Hall–Kier alpha value is -1.95. The number of thioether (sulfide) groups is 1. The number of anilines is 2. The van der Waals surface area contributed by atoms with Crippen molar-refractivity contribution in [1.29, 1.82) is 0 Å². The molecular formula is C14H18N4OS. The number of nitrogens with one attached hydrogen (secondary N) is 1. The predicted octanol–water partition coefficient (Wildman–Crippen LogP) is 2.77. The third kappa shape index (κ3) is 2.65. The monoisotopic (exact) mass is 290 g/mol. The summed E-state index contributed by atoms with van der Waals surface area (Å²) in [5.74, 6) is -0.230. The smallest absolute Gasteiger partial charge is 0.276 e. The number of aromatic nitrogens is 2. The van der Waals surface area contributed by atoms with E-state index in [1.54, 1.807) is 23.4 Å². The molecule has 0 atom stereocenters. The van der Waals surface area contributed by atoms with Crippen molar-refractivity contribution in [3.05, 3.63) is 35.7 Å². The molecule has 3 N–H and O–H groups in total. The Balaban J connectivity index is 2.33. The summed E-state index contributed by atoms with van der Waals surface area (Å²) in [6.07, 6.45) is 1.97. The van der Waals surface area contributed by atoms with Gasteiger partial charge < -0.3 is 11.1 Å². The first-order valence-corrected chi connectivity index (χ1v) is 7.58. The van der Waals surface area contributed by atoms with Gasteiger partial charge >= 0.3 is 0 Å². The number of nitrogen functional groups attached to an aromatic ring is 1. The maximum absolute atomic E-state index is 12.4. The number of nitrogens with zero attached hydrogens (tertiary/aromatic N) is 2. The number of nitrogens with two attached hydrogens (primary N) is 1. The molecule has 0 saturated heterocycles. The molecule has 20 heavy (non-hydrogen) atoms.